The number of carboxylic acid groups (broad SMARTS) is 1. The SMILES string of the molecule is COC(=O)c1ccc(Br)cc1.COC(=O)c1ccc(Cc2ccc(C(F)(F)F)cc2)cc1.O=C(O)c1ccc(Cc2ccc(C(F)(F)F)cc2)cc1.[CH2-]c1ccc(C(F)(F)F)cc1.[Cl][Zn+]. The number of aromatic carboxylic acids is 1. The van der Waals surface area contributed by atoms with Crippen molar-refractivity contribution in [3.05, 3.63) is 218 Å². The van der Waals surface area contributed by atoms with Crippen LogP contribution in [0.15, 0.2) is 150 Å². The molecule has 18 heteroatoms. The van der Waals surface area contributed by atoms with Crippen LogP contribution in [0.4, 0.5) is 39.5 Å². The molecule has 1 N–H and O–H groups in total. The number of esters is 2. The number of hydrogen-bond acceptors (Lipinski definition) is 5. The van der Waals surface area contributed by atoms with Crippen LogP contribution < -0.4 is 0 Å². The van der Waals surface area contributed by atoms with Crippen LogP contribution in [0.2, 0.25) is 0 Å². The number of rotatable bonds is 7. The Bertz CT molecular complexity index is 2370. The molecule has 0 bridgehead atoms. The first-order valence-electron chi connectivity index (χ1n) is 18.4. The first kappa shape index (κ1) is 55.5. The Labute approximate surface area is 391 Å². The van der Waals surface area contributed by atoms with Gasteiger partial charge in [-0.15, -0.1) is 12.1 Å². The predicted molar refractivity (Wildman–Crippen MR) is 227 cm³/mol. The Hall–Kier alpha value is -5.64. The third-order valence-corrected chi connectivity index (χ3v) is 9.03. The van der Waals surface area contributed by atoms with Gasteiger partial charge >= 0.3 is 63.4 Å². The van der Waals surface area contributed by atoms with Crippen molar-refractivity contribution in [2.45, 2.75) is 31.4 Å². The fraction of sp³-hybridized carbons (Fsp3) is 0.149. The molecule has 6 nitrogen and oxygen atoms in total. The number of carbonyl (C=O) groups is 3. The zero-order valence-corrected chi connectivity index (χ0v) is 39.6. The average Bonchev–Trinajstić information content (AvgIpc) is 3.27. The first-order chi connectivity index (χ1) is 30.5. The van der Waals surface area contributed by atoms with Gasteiger partial charge in [-0.05, 0) is 108 Å². The summed E-state index contributed by atoms with van der Waals surface area (Å²) in [5.74, 6) is -1.74. The van der Waals surface area contributed by atoms with E-state index < -0.39 is 47.2 Å². The molecule has 0 aliphatic carbocycles. The second kappa shape index (κ2) is 26.4. The molecule has 0 spiro atoms. The van der Waals surface area contributed by atoms with Crippen molar-refractivity contribution in [2.75, 3.05) is 14.2 Å². The maximum absolute atomic E-state index is 12.5. The monoisotopic (exact) mass is 1050 g/mol. The quantitative estimate of drug-likeness (QED) is 0.0741. The summed E-state index contributed by atoms with van der Waals surface area (Å²) in [7, 11) is 7.43. The van der Waals surface area contributed by atoms with Gasteiger partial charge in [0.15, 0.2) is 0 Å². The molecule has 65 heavy (non-hydrogen) atoms. The molecule has 0 fully saturated rings. The number of carbonyl (C=O) groups excluding carboxylic acids is 2. The fourth-order valence-electron chi connectivity index (χ4n) is 5.13. The van der Waals surface area contributed by atoms with Crippen LogP contribution in [0, 0.1) is 6.92 Å². The zero-order chi connectivity index (χ0) is 49.0. The van der Waals surface area contributed by atoms with Crippen LogP contribution >= 0.6 is 25.6 Å². The van der Waals surface area contributed by atoms with Crippen LogP contribution in [0.3, 0.4) is 0 Å². The van der Waals surface area contributed by atoms with Crippen LogP contribution in [0.25, 0.3) is 0 Å². The maximum atomic E-state index is 12.5. The Morgan fingerprint density at radius 1 is 0.492 bits per heavy atom. The second-order valence-electron chi connectivity index (χ2n) is 13.1. The van der Waals surface area contributed by atoms with Crippen molar-refractivity contribution in [1.82, 2.24) is 0 Å². The molecular weight excluding hydrogens is 1010 g/mol. The van der Waals surface area contributed by atoms with Gasteiger partial charge in [0, 0.05) is 10.0 Å². The van der Waals surface area contributed by atoms with Gasteiger partial charge in [0.2, 0.25) is 0 Å². The number of hydrogen-bond donors (Lipinski definition) is 1. The normalized spacial score (nSPS) is 10.8. The molecule has 0 saturated carbocycles. The summed E-state index contributed by atoms with van der Waals surface area (Å²) < 4.78 is 120. The summed E-state index contributed by atoms with van der Waals surface area (Å²) in [6, 6.07) is 34.7. The van der Waals surface area contributed by atoms with Gasteiger partial charge in [0.25, 0.3) is 0 Å². The number of methoxy groups -OCH3 is 2. The average molecular weight is 1050 g/mol. The van der Waals surface area contributed by atoms with Gasteiger partial charge in [0.1, 0.15) is 0 Å². The minimum atomic E-state index is -4.33. The van der Waals surface area contributed by atoms with Crippen molar-refractivity contribution < 1.29 is 85.8 Å². The number of ether oxygens (including phenoxy) is 2. The molecule has 0 heterocycles. The van der Waals surface area contributed by atoms with Crippen molar-refractivity contribution in [3.63, 3.8) is 0 Å². The summed E-state index contributed by atoms with van der Waals surface area (Å²) in [5, 5.41) is 8.77. The molecule has 6 aromatic carbocycles. The number of alkyl halides is 9. The first-order valence-corrected chi connectivity index (χ1v) is 23.1. The van der Waals surface area contributed by atoms with E-state index in [1.807, 2.05) is 0 Å². The summed E-state index contributed by atoms with van der Waals surface area (Å²) in [6.45, 7) is 3.48. The number of carboxylic acids is 1. The third kappa shape index (κ3) is 20.0. The van der Waals surface area contributed by atoms with Crippen LogP contribution in [-0.4, -0.2) is 37.2 Å². The van der Waals surface area contributed by atoms with Gasteiger partial charge in [-0.3, -0.25) is 0 Å². The molecule has 0 amide bonds. The summed E-state index contributed by atoms with van der Waals surface area (Å²) >= 11 is 4.11. The van der Waals surface area contributed by atoms with Crippen LogP contribution in [0.1, 0.15) is 75.6 Å². The second-order valence-corrected chi connectivity index (χ2v) is 14.0. The molecule has 0 unspecified atom stereocenters. The fourth-order valence-corrected chi connectivity index (χ4v) is 5.40. The van der Waals surface area contributed by atoms with Gasteiger partial charge in [-0.1, -0.05) is 64.5 Å². The standard InChI is InChI=1S/C16H13F3O2.C15H11F3O2.C8H7BrO2.C8H6F3.ClH.Zn/c1-21-15(20)13-6-2-11(3-7-13)10-12-4-8-14(9-5-12)16(17,18)19;16-15(17,18)13-7-3-11(4-8-13)9-10-1-5-12(6-2-10)14(19)20;1-11-8(10)6-2-4-7(9)5-3-6;1-6-2-4-7(5-3-6)8(9,10)11;;/h2-9H,10H2,1H3;1-8H,9H2,(H,19,20);2-5H,1H3;2-5H,1H2;1H;/q;;;-1;;+2/p-1. The molecule has 0 aliphatic heterocycles. The molecular formula is C47H37BrClF9O6Zn. The Kier molecular flexibility index (Phi) is 22.5. The summed E-state index contributed by atoms with van der Waals surface area (Å²) in [4.78, 5) is 32.9. The zero-order valence-electron chi connectivity index (χ0n) is 34.3. The molecule has 6 aromatic rings. The van der Waals surface area contributed by atoms with E-state index in [0.717, 1.165) is 80.4 Å². The van der Waals surface area contributed by atoms with E-state index in [1.165, 1.54) is 62.8 Å². The molecule has 0 saturated heterocycles. The van der Waals surface area contributed by atoms with E-state index in [2.05, 4.69) is 32.3 Å². The van der Waals surface area contributed by atoms with Crippen LogP contribution in [-0.2, 0) is 58.2 Å². The van der Waals surface area contributed by atoms with Crippen molar-refractivity contribution in [3.8, 4) is 0 Å². The van der Waals surface area contributed by atoms with Crippen molar-refractivity contribution in [1.29, 1.82) is 0 Å². The van der Waals surface area contributed by atoms with Gasteiger partial charge in [0.05, 0.1) is 42.0 Å². The molecule has 6 rings (SSSR count). The summed E-state index contributed by atoms with van der Waals surface area (Å²) in [5.41, 5.74) is 3.05. The van der Waals surface area contributed by atoms with Gasteiger partial charge < -0.3 is 14.6 Å². The van der Waals surface area contributed by atoms with E-state index in [1.54, 1.807) is 60.7 Å². The molecule has 0 atom stereocenters. The molecule has 340 valence electrons. The van der Waals surface area contributed by atoms with E-state index in [0.29, 0.717) is 29.5 Å². The molecule has 0 radical (unpaired) electrons. The van der Waals surface area contributed by atoms with Gasteiger partial charge in [-0.2, -0.15) is 64.1 Å². The minimum absolute atomic E-state index is 0.182. The van der Waals surface area contributed by atoms with Gasteiger partial charge in [-0.25, -0.2) is 14.4 Å². The van der Waals surface area contributed by atoms with E-state index in [-0.39, 0.29) is 11.5 Å². The van der Waals surface area contributed by atoms with Crippen molar-refractivity contribution >= 4 is 43.5 Å². The van der Waals surface area contributed by atoms with E-state index in [4.69, 9.17) is 14.8 Å². The van der Waals surface area contributed by atoms with E-state index in [9.17, 15) is 53.9 Å². The molecule has 0 aromatic heterocycles. The number of halogens is 11. The predicted octanol–water partition coefficient (Wildman–Crippen LogP) is 13.9. The van der Waals surface area contributed by atoms with E-state index >= 15 is 0 Å². The Morgan fingerprint density at radius 2 is 0.738 bits per heavy atom. The van der Waals surface area contributed by atoms with Crippen molar-refractivity contribution in [2.24, 2.45) is 0 Å². The third-order valence-electron chi connectivity index (χ3n) is 8.50. The van der Waals surface area contributed by atoms with Crippen LogP contribution in [0.5, 0.6) is 0 Å². The molecule has 0 aliphatic rings. The summed E-state index contributed by atoms with van der Waals surface area (Å²) in [6.07, 6.45) is -11.9. The Morgan fingerprint density at radius 3 is 1.00 bits per heavy atom. The number of benzene rings is 6. The Balaban J connectivity index is 0.000000306. The topological polar surface area (TPSA) is 89.9 Å².